The first kappa shape index (κ1) is 16.2. The molecule has 2 aromatic rings. The van der Waals surface area contributed by atoms with E-state index in [4.69, 9.17) is 0 Å². The molecule has 1 saturated heterocycles. The van der Waals surface area contributed by atoms with Gasteiger partial charge in [-0.05, 0) is 43.5 Å². The van der Waals surface area contributed by atoms with Crippen molar-refractivity contribution in [1.82, 2.24) is 9.78 Å². The highest BCUT2D eigenvalue weighted by atomic mass is 19.1. The van der Waals surface area contributed by atoms with Gasteiger partial charge < -0.3 is 10.2 Å². The number of hydrogen-bond acceptors (Lipinski definition) is 4. The fourth-order valence-corrected chi connectivity index (χ4v) is 2.84. The molecule has 0 unspecified atom stereocenters. The van der Waals surface area contributed by atoms with Crippen molar-refractivity contribution in [2.75, 3.05) is 23.3 Å². The number of benzene rings is 1. The lowest BCUT2D eigenvalue weighted by Crippen LogP contribution is -2.37. The van der Waals surface area contributed by atoms with Crippen molar-refractivity contribution < 1.29 is 9.18 Å². The van der Waals surface area contributed by atoms with Gasteiger partial charge in [-0.25, -0.2) is 9.07 Å². The number of piperidine rings is 1. The lowest BCUT2D eigenvalue weighted by molar-refractivity contribution is 0.102. The molecule has 0 spiro atoms. The molecule has 1 aliphatic heterocycles. The number of halogens is 1. The number of nitrogens with zero attached hydrogens (tertiary/aromatic N) is 3. The Morgan fingerprint density at radius 2 is 1.83 bits per heavy atom. The summed E-state index contributed by atoms with van der Waals surface area (Å²) in [4.78, 5) is 26.9. The van der Waals surface area contributed by atoms with Crippen LogP contribution in [0.3, 0.4) is 0 Å². The van der Waals surface area contributed by atoms with Crippen molar-refractivity contribution in [3.8, 4) is 0 Å². The van der Waals surface area contributed by atoms with Crippen LogP contribution >= 0.6 is 0 Å². The summed E-state index contributed by atoms with van der Waals surface area (Å²) in [6, 6.07) is 5.25. The third-order valence-corrected chi connectivity index (χ3v) is 4.14. The molecule has 1 aromatic carbocycles. The Hall–Kier alpha value is -2.70. The van der Waals surface area contributed by atoms with E-state index in [0.29, 0.717) is 16.9 Å². The van der Waals surface area contributed by atoms with Crippen LogP contribution in [0.1, 0.15) is 29.6 Å². The van der Waals surface area contributed by atoms with Gasteiger partial charge in [0, 0.05) is 25.7 Å². The van der Waals surface area contributed by atoms with E-state index in [1.807, 2.05) is 4.90 Å². The molecule has 1 N–H and O–H groups in total. The minimum absolute atomic E-state index is 0.242. The molecule has 1 fully saturated rings. The minimum atomic E-state index is -0.407. The van der Waals surface area contributed by atoms with Crippen LogP contribution in [0.5, 0.6) is 0 Å². The Kier molecular flexibility index (Phi) is 4.59. The normalized spacial score (nSPS) is 14.5. The number of hydrogen-bond donors (Lipinski definition) is 1. The summed E-state index contributed by atoms with van der Waals surface area (Å²) in [7, 11) is 1.58. The van der Waals surface area contributed by atoms with Gasteiger partial charge in [0.15, 0.2) is 0 Å². The van der Waals surface area contributed by atoms with Gasteiger partial charge in [-0.15, -0.1) is 0 Å². The van der Waals surface area contributed by atoms with E-state index in [-0.39, 0.29) is 5.56 Å². The SMILES string of the molecule is Cn1ncc(NC(=O)c2ccc(F)cc2)c(N2CCCCC2)c1=O. The van der Waals surface area contributed by atoms with E-state index < -0.39 is 11.7 Å². The fourth-order valence-electron chi connectivity index (χ4n) is 2.84. The molecule has 7 heteroatoms. The lowest BCUT2D eigenvalue weighted by Gasteiger charge is -2.29. The number of amides is 1. The van der Waals surface area contributed by atoms with Crippen LogP contribution in [0.25, 0.3) is 0 Å². The van der Waals surface area contributed by atoms with E-state index in [1.165, 1.54) is 35.1 Å². The standard InChI is InChI=1S/C17H19FN4O2/c1-21-17(24)15(22-9-3-2-4-10-22)14(11-19-21)20-16(23)12-5-7-13(18)8-6-12/h5-8,11H,2-4,9-10H2,1H3,(H,20,23). The van der Waals surface area contributed by atoms with Crippen molar-refractivity contribution in [2.24, 2.45) is 7.05 Å². The quantitative estimate of drug-likeness (QED) is 0.936. The van der Waals surface area contributed by atoms with Crippen molar-refractivity contribution in [2.45, 2.75) is 19.3 Å². The zero-order valence-corrected chi connectivity index (χ0v) is 13.5. The molecule has 0 radical (unpaired) electrons. The second kappa shape index (κ2) is 6.82. The van der Waals surface area contributed by atoms with E-state index in [1.54, 1.807) is 7.05 Å². The highest BCUT2D eigenvalue weighted by molar-refractivity contribution is 6.05. The molecule has 6 nitrogen and oxygen atoms in total. The maximum Gasteiger partial charge on any atom is 0.292 e. The van der Waals surface area contributed by atoms with E-state index in [0.717, 1.165) is 32.4 Å². The molecule has 3 rings (SSSR count). The van der Waals surface area contributed by atoms with Gasteiger partial charge in [0.05, 0.1) is 11.9 Å². The molecule has 24 heavy (non-hydrogen) atoms. The highest BCUT2D eigenvalue weighted by Gasteiger charge is 2.21. The Morgan fingerprint density at radius 3 is 2.50 bits per heavy atom. The van der Waals surface area contributed by atoms with Crippen LogP contribution < -0.4 is 15.8 Å². The number of carbonyl (C=O) groups is 1. The van der Waals surface area contributed by atoms with Crippen LogP contribution in [-0.2, 0) is 7.05 Å². The molecule has 0 saturated carbocycles. The van der Waals surface area contributed by atoms with Gasteiger partial charge in [-0.1, -0.05) is 0 Å². The van der Waals surface area contributed by atoms with Gasteiger partial charge in [0.25, 0.3) is 11.5 Å². The fraction of sp³-hybridized carbons (Fsp3) is 0.353. The van der Waals surface area contributed by atoms with Crippen molar-refractivity contribution in [1.29, 1.82) is 0 Å². The van der Waals surface area contributed by atoms with Gasteiger partial charge >= 0.3 is 0 Å². The average Bonchev–Trinajstić information content (AvgIpc) is 2.60. The third-order valence-electron chi connectivity index (χ3n) is 4.14. The van der Waals surface area contributed by atoms with Crippen LogP contribution in [0, 0.1) is 5.82 Å². The molecule has 1 aromatic heterocycles. The van der Waals surface area contributed by atoms with Crippen LogP contribution in [0.4, 0.5) is 15.8 Å². The second-order valence-corrected chi connectivity index (χ2v) is 5.84. The summed E-state index contributed by atoms with van der Waals surface area (Å²) < 4.78 is 14.3. The minimum Gasteiger partial charge on any atom is -0.365 e. The zero-order valence-electron chi connectivity index (χ0n) is 13.5. The summed E-state index contributed by atoms with van der Waals surface area (Å²) in [5.74, 6) is -0.806. The van der Waals surface area contributed by atoms with Gasteiger partial charge in [-0.3, -0.25) is 9.59 Å². The Morgan fingerprint density at radius 1 is 1.17 bits per heavy atom. The average molecular weight is 330 g/mol. The molecular formula is C17H19FN4O2. The Labute approximate surface area is 138 Å². The zero-order chi connectivity index (χ0) is 17.1. The number of nitrogens with one attached hydrogen (secondary N) is 1. The Balaban J connectivity index is 1.92. The molecule has 0 atom stereocenters. The third kappa shape index (κ3) is 3.29. The highest BCUT2D eigenvalue weighted by Crippen LogP contribution is 2.24. The van der Waals surface area contributed by atoms with Crippen molar-refractivity contribution >= 4 is 17.3 Å². The van der Waals surface area contributed by atoms with Crippen LogP contribution in [-0.4, -0.2) is 28.8 Å². The number of aryl methyl sites for hydroxylation is 1. The summed E-state index contributed by atoms with van der Waals surface area (Å²) in [5.41, 5.74) is 0.924. The lowest BCUT2D eigenvalue weighted by atomic mass is 10.1. The van der Waals surface area contributed by atoms with E-state index >= 15 is 0 Å². The van der Waals surface area contributed by atoms with Crippen molar-refractivity contribution in [3.63, 3.8) is 0 Å². The first-order valence-corrected chi connectivity index (χ1v) is 7.94. The first-order chi connectivity index (χ1) is 11.6. The van der Waals surface area contributed by atoms with E-state index in [9.17, 15) is 14.0 Å². The molecular weight excluding hydrogens is 311 g/mol. The summed E-state index contributed by atoms with van der Waals surface area (Å²) in [6.45, 7) is 1.55. The smallest absolute Gasteiger partial charge is 0.292 e. The molecule has 126 valence electrons. The largest absolute Gasteiger partial charge is 0.365 e. The van der Waals surface area contributed by atoms with Gasteiger partial charge in [-0.2, -0.15) is 5.10 Å². The molecule has 0 bridgehead atoms. The van der Waals surface area contributed by atoms with Gasteiger partial charge in [0.1, 0.15) is 11.5 Å². The molecule has 2 heterocycles. The van der Waals surface area contributed by atoms with E-state index in [2.05, 4.69) is 10.4 Å². The summed E-state index contributed by atoms with van der Waals surface area (Å²) in [5, 5.41) is 6.73. The first-order valence-electron chi connectivity index (χ1n) is 7.94. The maximum absolute atomic E-state index is 13.0. The van der Waals surface area contributed by atoms with Gasteiger partial charge in [0.2, 0.25) is 0 Å². The molecule has 0 aliphatic carbocycles. The predicted molar refractivity (Wildman–Crippen MR) is 89.9 cm³/mol. The monoisotopic (exact) mass is 330 g/mol. The predicted octanol–water partition coefficient (Wildman–Crippen LogP) is 2.16. The summed E-state index contributed by atoms with van der Waals surface area (Å²) in [6.07, 6.45) is 4.64. The molecule has 1 amide bonds. The summed E-state index contributed by atoms with van der Waals surface area (Å²) >= 11 is 0. The maximum atomic E-state index is 13.0. The number of aromatic nitrogens is 2. The second-order valence-electron chi connectivity index (χ2n) is 5.84. The topological polar surface area (TPSA) is 67.2 Å². The van der Waals surface area contributed by atoms with Crippen LogP contribution in [0.2, 0.25) is 0 Å². The Bertz CT molecular complexity index is 795. The number of carbonyl (C=O) groups excluding carboxylic acids is 1. The van der Waals surface area contributed by atoms with Crippen LogP contribution in [0.15, 0.2) is 35.3 Å². The number of rotatable bonds is 3. The molecule has 1 aliphatic rings. The number of anilines is 2. The van der Waals surface area contributed by atoms with Crippen molar-refractivity contribution in [3.05, 3.63) is 52.2 Å².